The molecule has 6 nitrogen and oxygen atoms in total. The van der Waals surface area contributed by atoms with Gasteiger partial charge in [-0.2, -0.15) is 0 Å². The van der Waals surface area contributed by atoms with Crippen molar-refractivity contribution >= 4 is 22.4 Å². The highest BCUT2D eigenvalue weighted by Gasteiger charge is 2.15. The molecule has 0 saturated heterocycles. The third-order valence-electron chi connectivity index (χ3n) is 1.95. The predicted molar refractivity (Wildman–Crippen MR) is 65.4 cm³/mol. The van der Waals surface area contributed by atoms with Crippen molar-refractivity contribution in [2.45, 2.75) is 20.3 Å². The summed E-state index contributed by atoms with van der Waals surface area (Å²) < 4.78 is 0. The second kappa shape index (κ2) is 5.53. The normalized spacial score (nSPS) is 11.8. The van der Waals surface area contributed by atoms with Crippen LogP contribution in [0.3, 0.4) is 0 Å². The summed E-state index contributed by atoms with van der Waals surface area (Å²) in [5, 5.41) is 21.3. The Balaban J connectivity index is 2.96. The molecule has 0 amide bonds. The van der Waals surface area contributed by atoms with E-state index in [1.54, 1.807) is 0 Å². The van der Waals surface area contributed by atoms with Crippen LogP contribution in [-0.2, 0) is 0 Å². The van der Waals surface area contributed by atoms with Gasteiger partial charge >= 0.3 is 5.00 Å². The topological polar surface area (TPSA) is 86.3 Å². The van der Waals surface area contributed by atoms with Gasteiger partial charge in [-0.05, 0) is 12.0 Å². The van der Waals surface area contributed by atoms with Crippen molar-refractivity contribution in [3.05, 3.63) is 42.9 Å². The van der Waals surface area contributed by atoms with E-state index in [0.29, 0.717) is 11.3 Å². The van der Waals surface area contributed by atoms with Gasteiger partial charge in [-0.25, -0.2) is 0 Å². The minimum absolute atomic E-state index is 0.0107. The quantitative estimate of drug-likeness (QED) is 0.597. The Kier molecular flexibility index (Phi) is 4.33. The van der Waals surface area contributed by atoms with E-state index in [1.165, 1.54) is 18.2 Å². The Morgan fingerprint density at radius 1 is 1.41 bits per heavy atom. The fraction of sp³-hybridized carbons (Fsp3) is 0.400. The van der Waals surface area contributed by atoms with Crippen LogP contribution in [0.1, 0.15) is 25.1 Å². The third kappa shape index (κ3) is 3.95. The van der Waals surface area contributed by atoms with Crippen LogP contribution in [0.2, 0.25) is 0 Å². The number of nitrogens with zero attached hydrogens (tertiary/aromatic N) is 2. The van der Waals surface area contributed by atoms with E-state index in [-0.39, 0.29) is 16.6 Å². The standard InChI is InChI=1S/C10H12N2O4S/c1-7(2)5-8(11(13)14)6-9-3-4-10(17-9)12(15)16/h3-4,6-7H,5H2,1-2H3/b8-6-. The summed E-state index contributed by atoms with van der Waals surface area (Å²) in [5.41, 5.74) is 0.0803. The monoisotopic (exact) mass is 256 g/mol. The zero-order valence-corrected chi connectivity index (χ0v) is 10.3. The Morgan fingerprint density at radius 3 is 2.47 bits per heavy atom. The average molecular weight is 256 g/mol. The molecule has 0 radical (unpaired) electrons. The maximum absolute atomic E-state index is 10.8. The first-order valence-corrected chi connectivity index (χ1v) is 5.81. The molecule has 1 rings (SSSR count). The van der Waals surface area contributed by atoms with Crippen molar-refractivity contribution in [3.8, 4) is 0 Å². The van der Waals surface area contributed by atoms with Gasteiger partial charge in [0.2, 0.25) is 5.70 Å². The first kappa shape index (κ1) is 13.3. The van der Waals surface area contributed by atoms with Gasteiger partial charge in [-0.1, -0.05) is 25.2 Å². The van der Waals surface area contributed by atoms with Crippen molar-refractivity contribution in [3.63, 3.8) is 0 Å². The van der Waals surface area contributed by atoms with Crippen molar-refractivity contribution < 1.29 is 9.85 Å². The lowest BCUT2D eigenvalue weighted by molar-refractivity contribution is -0.427. The molecule has 0 saturated carbocycles. The Bertz CT molecular complexity index is 465. The van der Waals surface area contributed by atoms with E-state index in [1.807, 2.05) is 13.8 Å². The van der Waals surface area contributed by atoms with E-state index in [0.717, 1.165) is 11.3 Å². The molecule has 0 aromatic carbocycles. The van der Waals surface area contributed by atoms with E-state index in [4.69, 9.17) is 0 Å². The minimum Gasteiger partial charge on any atom is -0.259 e. The van der Waals surface area contributed by atoms with Gasteiger partial charge in [-0.3, -0.25) is 20.2 Å². The zero-order chi connectivity index (χ0) is 13.0. The first-order chi connectivity index (χ1) is 7.90. The van der Waals surface area contributed by atoms with Crippen LogP contribution < -0.4 is 0 Å². The number of rotatable bonds is 5. The highest BCUT2D eigenvalue weighted by molar-refractivity contribution is 7.16. The Hall–Kier alpha value is -1.76. The second-order valence-electron chi connectivity index (χ2n) is 3.92. The molecule has 17 heavy (non-hydrogen) atoms. The molecule has 0 bridgehead atoms. The summed E-state index contributed by atoms with van der Waals surface area (Å²) in [7, 11) is 0. The highest BCUT2D eigenvalue weighted by Crippen LogP contribution is 2.27. The van der Waals surface area contributed by atoms with Crippen molar-refractivity contribution in [1.82, 2.24) is 0 Å². The molecule has 0 atom stereocenters. The Labute approximate surface area is 102 Å². The smallest absolute Gasteiger partial charge is 0.259 e. The van der Waals surface area contributed by atoms with Gasteiger partial charge in [0.15, 0.2) is 0 Å². The highest BCUT2D eigenvalue weighted by atomic mass is 32.1. The number of allylic oxidation sites excluding steroid dienone is 1. The van der Waals surface area contributed by atoms with Crippen LogP contribution >= 0.6 is 11.3 Å². The summed E-state index contributed by atoms with van der Waals surface area (Å²) in [4.78, 5) is 20.9. The minimum atomic E-state index is -0.504. The zero-order valence-electron chi connectivity index (χ0n) is 9.45. The van der Waals surface area contributed by atoms with E-state index in [2.05, 4.69) is 0 Å². The molecule has 7 heteroatoms. The summed E-state index contributed by atoms with van der Waals surface area (Å²) >= 11 is 0.934. The largest absolute Gasteiger partial charge is 0.324 e. The maximum Gasteiger partial charge on any atom is 0.324 e. The van der Waals surface area contributed by atoms with E-state index in [9.17, 15) is 20.2 Å². The molecule has 0 aliphatic carbocycles. The molecule has 0 aliphatic heterocycles. The van der Waals surface area contributed by atoms with Crippen molar-refractivity contribution in [2.75, 3.05) is 0 Å². The third-order valence-corrected chi connectivity index (χ3v) is 2.94. The van der Waals surface area contributed by atoms with Crippen LogP contribution in [0.4, 0.5) is 5.00 Å². The number of hydrogen-bond acceptors (Lipinski definition) is 5. The number of thiophene rings is 1. The lowest BCUT2D eigenvalue weighted by Gasteiger charge is -2.00. The molecule has 0 fully saturated rings. The molecule has 1 aromatic rings. The maximum atomic E-state index is 10.8. The van der Waals surface area contributed by atoms with Crippen molar-refractivity contribution in [1.29, 1.82) is 0 Å². The number of nitro groups is 2. The summed E-state index contributed by atoms with van der Waals surface area (Å²) in [6, 6.07) is 2.87. The molecular weight excluding hydrogens is 244 g/mol. The first-order valence-electron chi connectivity index (χ1n) is 4.99. The summed E-state index contributed by atoms with van der Waals surface area (Å²) in [6.45, 7) is 3.77. The van der Waals surface area contributed by atoms with E-state index >= 15 is 0 Å². The SMILES string of the molecule is CC(C)C/C(=C/c1ccc([N+](=O)[O-])s1)[N+](=O)[O-]. The average Bonchev–Trinajstić information content (AvgIpc) is 2.64. The van der Waals surface area contributed by atoms with Gasteiger partial charge in [0, 0.05) is 23.4 Å². The molecule has 92 valence electrons. The lowest BCUT2D eigenvalue weighted by Crippen LogP contribution is -2.01. The fourth-order valence-corrected chi connectivity index (χ4v) is 2.07. The van der Waals surface area contributed by atoms with Gasteiger partial charge in [0.1, 0.15) is 0 Å². The van der Waals surface area contributed by atoms with Crippen LogP contribution in [0.25, 0.3) is 6.08 Å². The molecule has 1 aromatic heterocycles. The van der Waals surface area contributed by atoms with Gasteiger partial charge in [-0.15, -0.1) is 0 Å². The molecule has 0 unspecified atom stereocenters. The molecule has 1 heterocycles. The molecule has 0 N–H and O–H groups in total. The summed E-state index contributed by atoms with van der Waals surface area (Å²) in [5.74, 6) is 0.168. The fourth-order valence-electron chi connectivity index (χ4n) is 1.29. The van der Waals surface area contributed by atoms with Crippen LogP contribution in [0, 0.1) is 26.1 Å². The molecular formula is C10H12N2O4S. The molecule has 0 spiro atoms. The van der Waals surface area contributed by atoms with Crippen molar-refractivity contribution in [2.24, 2.45) is 5.92 Å². The van der Waals surface area contributed by atoms with Crippen LogP contribution in [0.5, 0.6) is 0 Å². The number of hydrogen-bond donors (Lipinski definition) is 0. The van der Waals surface area contributed by atoms with Crippen LogP contribution in [-0.4, -0.2) is 9.85 Å². The molecule has 0 aliphatic rings. The van der Waals surface area contributed by atoms with Gasteiger partial charge in [0.25, 0.3) is 0 Å². The lowest BCUT2D eigenvalue weighted by atomic mass is 10.1. The van der Waals surface area contributed by atoms with Crippen LogP contribution in [0.15, 0.2) is 17.8 Å². The predicted octanol–water partition coefficient (Wildman–Crippen LogP) is 3.32. The summed E-state index contributed by atoms with van der Waals surface area (Å²) in [6.07, 6.45) is 1.75. The Morgan fingerprint density at radius 2 is 2.06 bits per heavy atom. The second-order valence-corrected chi connectivity index (χ2v) is 5.02. The van der Waals surface area contributed by atoms with Gasteiger partial charge < -0.3 is 0 Å². The van der Waals surface area contributed by atoms with E-state index < -0.39 is 9.85 Å². The van der Waals surface area contributed by atoms with Gasteiger partial charge in [0.05, 0.1) is 9.85 Å².